The number of sulfonamides is 1. The number of carbonyl (C=O) groups is 2. The van der Waals surface area contributed by atoms with Gasteiger partial charge in [0.25, 0.3) is 5.91 Å². The molecule has 9 nitrogen and oxygen atoms in total. The second kappa shape index (κ2) is 9.86. The highest BCUT2D eigenvalue weighted by Crippen LogP contribution is 2.26. The molecule has 3 N–H and O–H groups in total. The van der Waals surface area contributed by atoms with E-state index in [-0.39, 0.29) is 11.3 Å². The van der Waals surface area contributed by atoms with Gasteiger partial charge in [-0.3, -0.25) is 9.59 Å². The summed E-state index contributed by atoms with van der Waals surface area (Å²) in [4.78, 5) is 29.1. The Labute approximate surface area is 183 Å². The number of thiophene rings is 1. The minimum absolute atomic E-state index is 0.0251. The molecule has 0 saturated heterocycles. The Morgan fingerprint density at radius 2 is 1.97 bits per heavy atom. The maximum Gasteiger partial charge on any atom is 0.312 e. The molecule has 0 saturated carbocycles. The van der Waals surface area contributed by atoms with Gasteiger partial charge in [0.05, 0.1) is 21.9 Å². The van der Waals surface area contributed by atoms with Crippen molar-refractivity contribution in [2.24, 2.45) is 5.14 Å². The number of aromatic nitrogens is 1. The first kappa shape index (κ1) is 22.7. The Bertz CT molecular complexity index is 1150. The van der Waals surface area contributed by atoms with Crippen LogP contribution in [0.15, 0.2) is 51.1 Å². The Balaban J connectivity index is 1.40. The lowest BCUT2D eigenvalue weighted by atomic mass is 10.1. The molecule has 0 aliphatic carbocycles. The zero-order chi connectivity index (χ0) is 22.4. The molecule has 2 aromatic heterocycles. The van der Waals surface area contributed by atoms with E-state index in [1.165, 1.54) is 23.5 Å². The predicted octanol–water partition coefficient (Wildman–Crippen LogP) is 1.80. The van der Waals surface area contributed by atoms with E-state index >= 15 is 0 Å². The normalized spacial score (nSPS) is 11.3. The van der Waals surface area contributed by atoms with E-state index < -0.39 is 28.5 Å². The molecule has 0 radical (unpaired) electrons. The smallest absolute Gasteiger partial charge is 0.312 e. The summed E-state index contributed by atoms with van der Waals surface area (Å²) >= 11 is 1.48. The summed E-state index contributed by atoms with van der Waals surface area (Å²) in [7, 11) is -3.73. The van der Waals surface area contributed by atoms with Crippen molar-refractivity contribution in [3.05, 3.63) is 58.8 Å². The number of nitrogens with zero attached hydrogens (tertiary/aromatic N) is 1. The van der Waals surface area contributed by atoms with Crippen molar-refractivity contribution in [3.63, 3.8) is 0 Å². The summed E-state index contributed by atoms with van der Waals surface area (Å²) in [6.07, 6.45) is 0.388. The number of ether oxygens (including phenoxy) is 1. The highest BCUT2D eigenvalue weighted by Gasteiger charge is 2.17. The molecule has 1 aromatic carbocycles. The van der Waals surface area contributed by atoms with Gasteiger partial charge in [0.1, 0.15) is 5.76 Å². The van der Waals surface area contributed by atoms with Gasteiger partial charge < -0.3 is 14.5 Å². The van der Waals surface area contributed by atoms with Crippen molar-refractivity contribution in [2.75, 3.05) is 13.2 Å². The fourth-order valence-electron chi connectivity index (χ4n) is 2.67. The molecule has 2 heterocycles. The highest BCUT2D eigenvalue weighted by atomic mass is 32.2. The summed E-state index contributed by atoms with van der Waals surface area (Å²) in [5, 5.41) is 9.59. The first-order chi connectivity index (χ1) is 14.7. The molecule has 0 unspecified atom stereocenters. The number of oxazole rings is 1. The average Bonchev–Trinajstić information content (AvgIpc) is 3.36. The maximum absolute atomic E-state index is 12.0. The molecule has 0 bridgehead atoms. The first-order valence-corrected chi connectivity index (χ1v) is 11.7. The van der Waals surface area contributed by atoms with Crippen LogP contribution in [0.25, 0.3) is 10.8 Å². The monoisotopic (exact) mass is 463 g/mol. The van der Waals surface area contributed by atoms with E-state index in [0.717, 1.165) is 10.4 Å². The largest absolute Gasteiger partial charge is 0.455 e. The van der Waals surface area contributed by atoms with Gasteiger partial charge in [0.2, 0.25) is 15.9 Å². The zero-order valence-electron chi connectivity index (χ0n) is 16.7. The Morgan fingerprint density at radius 3 is 2.61 bits per heavy atom. The number of amides is 1. The number of hydrogen-bond donors (Lipinski definition) is 2. The van der Waals surface area contributed by atoms with Gasteiger partial charge in [-0.1, -0.05) is 18.2 Å². The summed E-state index contributed by atoms with van der Waals surface area (Å²) in [5.41, 5.74) is 1.30. The molecular weight excluding hydrogens is 442 g/mol. The molecule has 0 aliphatic heterocycles. The van der Waals surface area contributed by atoms with Gasteiger partial charge in [0, 0.05) is 6.54 Å². The molecule has 31 heavy (non-hydrogen) atoms. The van der Waals surface area contributed by atoms with Gasteiger partial charge in [-0.15, -0.1) is 11.3 Å². The van der Waals surface area contributed by atoms with E-state index in [0.29, 0.717) is 30.3 Å². The first-order valence-electron chi connectivity index (χ1n) is 9.26. The molecular formula is C20H21N3O6S2. The number of benzene rings is 1. The van der Waals surface area contributed by atoms with E-state index in [1.807, 2.05) is 17.5 Å². The molecule has 0 atom stereocenters. The number of esters is 1. The minimum Gasteiger partial charge on any atom is -0.455 e. The molecule has 0 aliphatic rings. The fraction of sp³-hybridized carbons (Fsp3) is 0.250. The van der Waals surface area contributed by atoms with Gasteiger partial charge >= 0.3 is 5.97 Å². The van der Waals surface area contributed by atoms with Crippen LogP contribution in [0.1, 0.15) is 17.0 Å². The van der Waals surface area contributed by atoms with Crippen LogP contribution in [0.2, 0.25) is 0 Å². The van der Waals surface area contributed by atoms with Gasteiger partial charge in [0.15, 0.2) is 6.61 Å². The van der Waals surface area contributed by atoms with E-state index in [4.69, 9.17) is 14.3 Å². The lowest BCUT2D eigenvalue weighted by Crippen LogP contribution is -2.30. The highest BCUT2D eigenvalue weighted by molar-refractivity contribution is 7.89. The third kappa shape index (κ3) is 6.48. The number of nitrogens with one attached hydrogen (secondary N) is 1. The SMILES string of the molecule is Cc1oc(-c2cccs2)nc1CC(=O)OCC(=O)NCCc1ccc(S(N)(=O)=O)cc1. The Hall–Kier alpha value is -3.02. The molecule has 164 valence electrons. The van der Waals surface area contributed by atoms with Crippen LogP contribution in [0.5, 0.6) is 0 Å². The van der Waals surface area contributed by atoms with Crippen molar-refractivity contribution < 1.29 is 27.2 Å². The van der Waals surface area contributed by atoms with Crippen LogP contribution in [0.4, 0.5) is 0 Å². The number of primary sulfonamides is 1. The Morgan fingerprint density at radius 1 is 1.23 bits per heavy atom. The van der Waals surface area contributed by atoms with E-state index in [9.17, 15) is 18.0 Å². The topological polar surface area (TPSA) is 142 Å². The Kier molecular flexibility index (Phi) is 7.21. The quantitative estimate of drug-likeness (QED) is 0.461. The fourth-order valence-corrected chi connectivity index (χ4v) is 3.84. The summed E-state index contributed by atoms with van der Waals surface area (Å²) < 4.78 is 33.1. The van der Waals surface area contributed by atoms with Crippen molar-refractivity contribution >= 4 is 33.2 Å². The molecule has 0 fully saturated rings. The average molecular weight is 464 g/mol. The minimum atomic E-state index is -3.73. The number of hydrogen-bond acceptors (Lipinski definition) is 8. The van der Waals surface area contributed by atoms with E-state index in [2.05, 4.69) is 10.3 Å². The molecule has 1 amide bonds. The molecule has 11 heteroatoms. The van der Waals surface area contributed by atoms with Crippen LogP contribution >= 0.6 is 11.3 Å². The van der Waals surface area contributed by atoms with Crippen LogP contribution in [0.3, 0.4) is 0 Å². The maximum atomic E-state index is 12.0. The molecule has 3 aromatic rings. The number of carbonyl (C=O) groups excluding carboxylic acids is 2. The number of rotatable bonds is 9. The van der Waals surface area contributed by atoms with Gasteiger partial charge in [-0.05, 0) is 42.5 Å². The zero-order valence-corrected chi connectivity index (χ0v) is 18.3. The van der Waals surface area contributed by atoms with Gasteiger partial charge in [-0.2, -0.15) is 0 Å². The third-order valence-corrected chi connectivity index (χ3v) is 6.08. The summed E-state index contributed by atoms with van der Waals surface area (Å²) in [6.45, 7) is 1.62. The number of aryl methyl sites for hydroxylation is 1. The second-order valence-electron chi connectivity index (χ2n) is 6.63. The third-order valence-electron chi connectivity index (χ3n) is 4.29. The van der Waals surface area contributed by atoms with Crippen LogP contribution in [-0.4, -0.2) is 38.4 Å². The summed E-state index contributed by atoms with van der Waals surface area (Å²) in [5.74, 6) is -0.0445. The van der Waals surface area contributed by atoms with Crippen molar-refractivity contribution in [2.45, 2.75) is 24.7 Å². The van der Waals surface area contributed by atoms with Crippen molar-refractivity contribution in [1.82, 2.24) is 10.3 Å². The number of nitrogens with two attached hydrogens (primary N) is 1. The van der Waals surface area contributed by atoms with Gasteiger partial charge in [-0.25, -0.2) is 18.5 Å². The van der Waals surface area contributed by atoms with Crippen LogP contribution in [0, 0.1) is 6.92 Å². The summed E-state index contributed by atoms with van der Waals surface area (Å²) in [6, 6.07) is 9.81. The lowest BCUT2D eigenvalue weighted by Gasteiger charge is -2.07. The van der Waals surface area contributed by atoms with E-state index in [1.54, 1.807) is 19.1 Å². The lowest BCUT2D eigenvalue weighted by molar-refractivity contribution is -0.147. The van der Waals surface area contributed by atoms with Crippen molar-refractivity contribution in [3.8, 4) is 10.8 Å². The standard InChI is InChI=1S/C20H21N3O6S2/c1-13-16(23-20(29-13)17-3-2-10-30-17)11-19(25)28-12-18(24)22-9-8-14-4-6-15(7-5-14)31(21,26)27/h2-7,10H,8-9,11-12H2,1H3,(H,22,24)(H2,21,26,27). The molecule has 0 spiro atoms. The van der Waals surface area contributed by atoms with Crippen LogP contribution < -0.4 is 10.5 Å². The predicted molar refractivity (Wildman–Crippen MR) is 114 cm³/mol. The van der Waals surface area contributed by atoms with Crippen molar-refractivity contribution in [1.29, 1.82) is 0 Å². The van der Waals surface area contributed by atoms with Crippen LogP contribution in [-0.2, 0) is 37.2 Å². The second-order valence-corrected chi connectivity index (χ2v) is 9.13. The molecule has 3 rings (SSSR count).